The Bertz CT molecular complexity index is 1640. The van der Waals surface area contributed by atoms with E-state index in [1.54, 1.807) is 22.6 Å². The second-order valence-electron chi connectivity index (χ2n) is 10.0. The molecule has 0 amide bonds. The van der Waals surface area contributed by atoms with E-state index in [-0.39, 0.29) is 39.7 Å². The molecule has 0 saturated carbocycles. The highest BCUT2D eigenvalue weighted by Gasteiger charge is 2.49. The van der Waals surface area contributed by atoms with E-state index in [0.29, 0.717) is 19.0 Å². The lowest BCUT2D eigenvalue weighted by Crippen LogP contribution is -2.43. The quantitative estimate of drug-likeness (QED) is 0.205. The summed E-state index contributed by atoms with van der Waals surface area (Å²) in [6.45, 7) is 2.12. The summed E-state index contributed by atoms with van der Waals surface area (Å²) in [7, 11) is 0. The minimum absolute atomic E-state index is 0.0298. The van der Waals surface area contributed by atoms with Crippen LogP contribution in [0.3, 0.4) is 0 Å². The lowest BCUT2D eigenvalue weighted by Gasteiger charge is -2.30. The minimum atomic E-state index is -4.95. The number of nitrogens with one attached hydrogen (secondary N) is 1. The number of ether oxygens (including phenoxy) is 1. The van der Waals surface area contributed by atoms with Gasteiger partial charge in [-0.2, -0.15) is 28.2 Å². The SMILES string of the molecule is Cc1cc2[nH]nc(I)c2c(-c2c(F)cc3c(O)nc(OC[C@@]45CCCN4C[C@H](F)C5)nc3c2F)c1C(F)(F)F. The number of alkyl halides is 4. The summed E-state index contributed by atoms with van der Waals surface area (Å²) in [6, 6.07) is 1.45. The zero-order valence-corrected chi connectivity index (χ0v) is 22.4. The lowest BCUT2D eigenvalue weighted by atomic mass is 9.91. The van der Waals surface area contributed by atoms with Crippen LogP contribution >= 0.6 is 22.6 Å². The van der Waals surface area contributed by atoms with Crippen LogP contribution in [0, 0.1) is 22.3 Å². The fraction of sp³-hybridized carbons (Fsp3) is 0.400. The van der Waals surface area contributed by atoms with Gasteiger partial charge in [-0.15, -0.1) is 0 Å². The molecule has 0 aliphatic carbocycles. The van der Waals surface area contributed by atoms with E-state index in [2.05, 4.69) is 20.2 Å². The molecule has 4 heterocycles. The molecule has 2 fully saturated rings. The number of aryl methyl sites for hydroxylation is 1. The number of aromatic amines is 1. The largest absolute Gasteiger partial charge is 0.493 e. The third kappa shape index (κ3) is 4.17. The van der Waals surface area contributed by atoms with Crippen LogP contribution in [0.1, 0.15) is 30.4 Å². The molecule has 2 aromatic carbocycles. The maximum atomic E-state index is 16.1. The van der Waals surface area contributed by atoms with Crippen molar-refractivity contribution in [2.75, 3.05) is 19.7 Å². The number of aromatic nitrogens is 4. The maximum Gasteiger partial charge on any atom is 0.417 e. The standard InChI is InChI=1S/C25H20F6IN5O2/c1-10-5-14-16(21(32)36-35-14)17(18(10)25(29,30)31)15-13(27)6-12-20(19(15)28)33-23(34-22(12)38)39-9-24-3-2-4-37(24)8-11(26)7-24/h5-6,11H,2-4,7-9H2,1H3,(H,35,36)(H,33,34,38)/t11-,24+/m1/s1. The van der Waals surface area contributed by atoms with Crippen LogP contribution in [-0.4, -0.2) is 61.6 Å². The highest BCUT2D eigenvalue weighted by molar-refractivity contribution is 14.1. The van der Waals surface area contributed by atoms with Gasteiger partial charge in [-0.05, 0) is 66.6 Å². The summed E-state index contributed by atoms with van der Waals surface area (Å²) in [5.41, 5.74) is -4.23. The predicted molar refractivity (Wildman–Crippen MR) is 137 cm³/mol. The molecule has 6 rings (SSSR count). The molecular weight excluding hydrogens is 643 g/mol. The molecule has 4 aromatic rings. The summed E-state index contributed by atoms with van der Waals surface area (Å²) in [6.07, 6.45) is -4.22. The van der Waals surface area contributed by atoms with Crippen LogP contribution in [0.4, 0.5) is 26.3 Å². The van der Waals surface area contributed by atoms with E-state index < -0.39 is 69.0 Å². The monoisotopic (exact) mass is 663 g/mol. The molecule has 39 heavy (non-hydrogen) atoms. The third-order valence-corrected chi connectivity index (χ3v) is 8.39. The number of aromatic hydroxyl groups is 1. The van der Waals surface area contributed by atoms with Gasteiger partial charge in [0.05, 0.1) is 27.6 Å². The fourth-order valence-corrected chi connectivity index (χ4v) is 6.68. The first kappa shape index (κ1) is 26.3. The number of hydrogen-bond donors (Lipinski definition) is 2. The number of hydrogen-bond acceptors (Lipinski definition) is 6. The van der Waals surface area contributed by atoms with Gasteiger partial charge in [0.25, 0.3) is 0 Å². The molecule has 2 saturated heterocycles. The van der Waals surface area contributed by atoms with Crippen molar-refractivity contribution in [2.24, 2.45) is 0 Å². The smallest absolute Gasteiger partial charge is 0.417 e. The maximum absolute atomic E-state index is 16.1. The Balaban J connectivity index is 1.52. The van der Waals surface area contributed by atoms with Crippen molar-refractivity contribution in [3.05, 3.63) is 38.6 Å². The van der Waals surface area contributed by atoms with Crippen LogP contribution in [0.15, 0.2) is 12.1 Å². The van der Waals surface area contributed by atoms with Gasteiger partial charge in [0.15, 0.2) is 5.82 Å². The van der Waals surface area contributed by atoms with E-state index in [1.807, 2.05) is 4.90 Å². The topological polar surface area (TPSA) is 87.2 Å². The molecule has 0 unspecified atom stereocenters. The average Bonchev–Trinajstić information content (AvgIpc) is 3.49. The van der Waals surface area contributed by atoms with Crippen LogP contribution in [0.25, 0.3) is 32.9 Å². The van der Waals surface area contributed by atoms with Crippen LogP contribution < -0.4 is 4.74 Å². The van der Waals surface area contributed by atoms with Gasteiger partial charge < -0.3 is 9.84 Å². The normalized spacial score (nSPS) is 21.8. The molecule has 0 spiro atoms. The molecule has 2 aliphatic rings. The van der Waals surface area contributed by atoms with Crippen molar-refractivity contribution in [1.82, 2.24) is 25.1 Å². The van der Waals surface area contributed by atoms with Crippen molar-refractivity contribution < 1.29 is 36.2 Å². The second kappa shape index (κ2) is 9.08. The highest BCUT2D eigenvalue weighted by atomic mass is 127. The fourth-order valence-electron chi connectivity index (χ4n) is 6.00. The van der Waals surface area contributed by atoms with Gasteiger partial charge >= 0.3 is 12.2 Å². The van der Waals surface area contributed by atoms with E-state index >= 15 is 8.78 Å². The van der Waals surface area contributed by atoms with Crippen molar-refractivity contribution in [3.63, 3.8) is 0 Å². The zero-order chi connectivity index (χ0) is 27.9. The first-order valence-electron chi connectivity index (χ1n) is 12.0. The van der Waals surface area contributed by atoms with E-state index in [9.17, 15) is 22.7 Å². The Morgan fingerprint density at radius 3 is 2.74 bits per heavy atom. The van der Waals surface area contributed by atoms with Gasteiger partial charge in [0, 0.05) is 23.9 Å². The van der Waals surface area contributed by atoms with Gasteiger partial charge in [0.2, 0.25) is 5.88 Å². The summed E-state index contributed by atoms with van der Waals surface area (Å²) >= 11 is 1.69. The Hall–Kier alpha value is -2.88. The number of rotatable bonds is 4. The summed E-state index contributed by atoms with van der Waals surface area (Å²) in [4.78, 5) is 9.76. The molecule has 0 bridgehead atoms. The predicted octanol–water partition coefficient (Wildman–Crippen LogP) is 6.04. The summed E-state index contributed by atoms with van der Waals surface area (Å²) in [5, 5.41) is 16.4. The lowest BCUT2D eigenvalue weighted by molar-refractivity contribution is -0.137. The minimum Gasteiger partial charge on any atom is -0.493 e. The number of fused-ring (bicyclic) bond motifs is 3. The summed E-state index contributed by atoms with van der Waals surface area (Å²) in [5.74, 6) is -3.58. The molecule has 2 aliphatic heterocycles. The molecule has 2 aromatic heterocycles. The van der Waals surface area contributed by atoms with Gasteiger partial charge in [-0.1, -0.05) is 0 Å². The Morgan fingerprint density at radius 2 is 2.00 bits per heavy atom. The molecule has 206 valence electrons. The van der Waals surface area contributed by atoms with Crippen LogP contribution in [0.2, 0.25) is 0 Å². The second-order valence-corrected chi connectivity index (χ2v) is 11.0. The van der Waals surface area contributed by atoms with Crippen molar-refractivity contribution in [2.45, 2.75) is 44.1 Å². The molecule has 2 N–H and O–H groups in total. The number of nitrogens with zero attached hydrogens (tertiary/aromatic N) is 4. The number of H-pyrrole nitrogens is 1. The van der Waals surface area contributed by atoms with E-state index in [0.717, 1.165) is 6.42 Å². The van der Waals surface area contributed by atoms with Crippen LogP contribution in [0.5, 0.6) is 11.9 Å². The van der Waals surface area contributed by atoms with Gasteiger partial charge in [0.1, 0.15) is 27.8 Å². The van der Waals surface area contributed by atoms with Gasteiger partial charge in [-0.25, -0.2) is 13.2 Å². The molecule has 7 nitrogen and oxygen atoms in total. The Labute approximate surface area is 230 Å². The Morgan fingerprint density at radius 1 is 1.23 bits per heavy atom. The van der Waals surface area contributed by atoms with Gasteiger partial charge in [-0.3, -0.25) is 10.00 Å². The first-order chi connectivity index (χ1) is 18.4. The molecule has 0 radical (unpaired) electrons. The van der Waals surface area contributed by atoms with E-state index in [1.165, 1.54) is 13.0 Å². The van der Waals surface area contributed by atoms with Crippen molar-refractivity contribution in [1.29, 1.82) is 0 Å². The summed E-state index contributed by atoms with van der Waals surface area (Å²) < 4.78 is 94.2. The number of benzene rings is 2. The first-order valence-corrected chi connectivity index (χ1v) is 13.1. The number of halogens is 7. The molecule has 2 atom stereocenters. The van der Waals surface area contributed by atoms with Crippen LogP contribution in [-0.2, 0) is 6.18 Å². The molecular formula is C25H20F6IN5O2. The zero-order valence-electron chi connectivity index (χ0n) is 20.3. The Kier molecular flexibility index (Phi) is 6.13. The third-order valence-electron chi connectivity index (χ3n) is 7.61. The highest BCUT2D eigenvalue weighted by Crippen LogP contribution is 2.47. The average molecular weight is 663 g/mol. The molecule has 14 heteroatoms. The van der Waals surface area contributed by atoms with E-state index in [4.69, 9.17) is 4.74 Å². The van der Waals surface area contributed by atoms with Crippen molar-refractivity contribution in [3.8, 4) is 23.0 Å². The van der Waals surface area contributed by atoms with Crippen molar-refractivity contribution >= 4 is 44.4 Å².